The highest BCUT2D eigenvalue weighted by Crippen LogP contribution is 2.29. The predicted octanol–water partition coefficient (Wildman–Crippen LogP) is 6.30. The van der Waals surface area contributed by atoms with Gasteiger partial charge in [0.25, 0.3) is 0 Å². The van der Waals surface area contributed by atoms with Crippen LogP contribution in [0.2, 0.25) is 0 Å². The second-order valence-corrected chi connectivity index (χ2v) is 14.0. The van der Waals surface area contributed by atoms with Crippen molar-refractivity contribution in [1.29, 1.82) is 0 Å². The van der Waals surface area contributed by atoms with E-state index in [-0.39, 0.29) is 36.7 Å². The molecular weight excluding hydrogens is 660 g/mol. The third kappa shape index (κ3) is 9.34. The summed E-state index contributed by atoms with van der Waals surface area (Å²) in [4.78, 5) is 59.4. The summed E-state index contributed by atoms with van der Waals surface area (Å²) in [5, 5.41) is 6.88. The molecule has 3 amide bonds. The quantitative estimate of drug-likeness (QED) is 0.218. The van der Waals surface area contributed by atoms with Crippen LogP contribution in [0.1, 0.15) is 76.6 Å². The molecule has 1 aliphatic heterocycles. The molecule has 0 aliphatic carbocycles. The third-order valence-electron chi connectivity index (χ3n) is 8.85. The molecule has 0 bridgehead atoms. The van der Waals surface area contributed by atoms with Crippen molar-refractivity contribution in [3.8, 4) is 0 Å². The second kappa shape index (κ2) is 15.8. The molecule has 3 aromatic rings. The molecular formula is C37H47BrN4O5. The molecule has 1 aromatic heterocycles. The van der Waals surface area contributed by atoms with Crippen LogP contribution in [-0.2, 0) is 30.3 Å². The van der Waals surface area contributed by atoms with Gasteiger partial charge in [0.2, 0.25) is 17.7 Å². The number of fused-ring (bicyclic) bond motifs is 1. The number of halogens is 1. The van der Waals surface area contributed by atoms with Gasteiger partial charge in [-0.25, -0.2) is 0 Å². The molecule has 4 rings (SSSR count). The zero-order valence-corrected chi connectivity index (χ0v) is 29.9. The van der Waals surface area contributed by atoms with Gasteiger partial charge in [-0.2, -0.15) is 0 Å². The van der Waals surface area contributed by atoms with Crippen molar-refractivity contribution in [2.75, 3.05) is 7.05 Å². The van der Waals surface area contributed by atoms with Gasteiger partial charge in [-0.3, -0.25) is 19.2 Å². The summed E-state index contributed by atoms with van der Waals surface area (Å²) in [6.45, 7) is 11.4. The number of nitrogens with zero attached hydrogens (tertiary/aromatic N) is 1. The van der Waals surface area contributed by atoms with Crippen molar-refractivity contribution in [3.05, 3.63) is 81.5 Å². The minimum absolute atomic E-state index is 0.0759. The highest BCUT2D eigenvalue weighted by molar-refractivity contribution is 9.10. The summed E-state index contributed by atoms with van der Waals surface area (Å²) in [6, 6.07) is 12.9. The molecule has 0 saturated heterocycles. The molecule has 2 heterocycles. The molecule has 1 aliphatic rings. The Hall–Kier alpha value is -3.92. The lowest BCUT2D eigenvalue weighted by Crippen LogP contribution is -2.55. The van der Waals surface area contributed by atoms with Gasteiger partial charge in [-0.05, 0) is 79.6 Å². The standard InChI is InChI=1S/C37H47BrN4O5/c1-21-12-14-27(15-13-21)31-20-33(43)47-25(5)18-23(3)16-22(2)17-24(4)35(44)39-26(6)37(46)42(7)32(36(45)41-31)19-29-28-10-8-9-11-30(28)40-34(29)38/h8-16,23-26,31-32,40H,17-20H2,1-7H3,(H,39,44)(H,41,45)/b22-16+/t23-,24-,25-,26-,31+,32+/m0/s1. The molecule has 0 unspecified atom stereocenters. The second-order valence-electron chi connectivity index (χ2n) is 13.2. The number of hydrogen-bond acceptors (Lipinski definition) is 5. The van der Waals surface area contributed by atoms with Crippen LogP contribution in [0, 0.1) is 18.8 Å². The number of rotatable bonds is 3. The Morgan fingerprint density at radius 2 is 1.57 bits per heavy atom. The van der Waals surface area contributed by atoms with E-state index in [1.165, 1.54) is 4.90 Å². The maximum absolute atomic E-state index is 14.3. The lowest BCUT2D eigenvalue weighted by Gasteiger charge is -2.32. The Morgan fingerprint density at radius 1 is 0.894 bits per heavy atom. The molecule has 0 fully saturated rings. The van der Waals surface area contributed by atoms with Crippen molar-refractivity contribution < 1.29 is 23.9 Å². The van der Waals surface area contributed by atoms with Crippen molar-refractivity contribution in [3.63, 3.8) is 0 Å². The summed E-state index contributed by atoms with van der Waals surface area (Å²) in [6.07, 6.45) is 3.00. The average Bonchev–Trinajstić information content (AvgIpc) is 3.32. The van der Waals surface area contributed by atoms with E-state index in [9.17, 15) is 19.2 Å². The Labute approximate surface area is 286 Å². The van der Waals surface area contributed by atoms with Crippen LogP contribution in [0.5, 0.6) is 0 Å². The van der Waals surface area contributed by atoms with E-state index in [0.29, 0.717) is 17.4 Å². The summed E-state index contributed by atoms with van der Waals surface area (Å²) in [7, 11) is 1.58. The van der Waals surface area contributed by atoms with Gasteiger partial charge in [0.05, 0.1) is 23.2 Å². The first-order valence-electron chi connectivity index (χ1n) is 16.3. The van der Waals surface area contributed by atoms with Gasteiger partial charge < -0.3 is 25.3 Å². The van der Waals surface area contributed by atoms with Crippen molar-refractivity contribution in [1.82, 2.24) is 20.5 Å². The minimum atomic E-state index is -0.967. The van der Waals surface area contributed by atoms with E-state index in [4.69, 9.17) is 4.74 Å². The van der Waals surface area contributed by atoms with Gasteiger partial charge in [-0.1, -0.05) is 73.5 Å². The topological polar surface area (TPSA) is 121 Å². The zero-order chi connectivity index (χ0) is 34.4. The predicted molar refractivity (Wildman–Crippen MR) is 187 cm³/mol. The molecule has 0 saturated carbocycles. The number of aryl methyl sites for hydroxylation is 1. The van der Waals surface area contributed by atoms with Crippen molar-refractivity contribution >= 4 is 50.5 Å². The Bertz CT molecular complexity index is 1630. The SMILES string of the molecule is C/C1=C\[C@H](C)C[C@H](C)OC(=O)C[C@H](c2ccc(C)cc2)NC(=O)[C@@H](Cc2c(Br)[nH]c3ccccc23)N(C)C(=O)[C@H](C)NC(=O)[C@@H](C)C1. The van der Waals surface area contributed by atoms with Gasteiger partial charge in [0, 0.05) is 30.3 Å². The van der Waals surface area contributed by atoms with Crippen LogP contribution in [-0.4, -0.2) is 58.8 Å². The number of carbonyl (C=O) groups excluding carboxylic acids is 4. The lowest BCUT2D eigenvalue weighted by atomic mass is 9.95. The van der Waals surface area contributed by atoms with Crippen molar-refractivity contribution in [2.45, 2.75) is 91.5 Å². The maximum Gasteiger partial charge on any atom is 0.308 e. The van der Waals surface area contributed by atoms with Gasteiger partial charge in [0.1, 0.15) is 12.1 Å². The fourth-order valence-electron chi connectivity index (χ4n) is 6.37. The fraction of sp³-hybridized carbons (Fsp3) is 0.459. The van der Waals surface area contributed by atoms with E-state index < -0.39 is 35.9 Å². The zero-order valence-electron chi connectivity index (χ0n) is 28.4. The van der Waals surface area contributed by atoms with E-state index in [1.54, 1.807) is 14.0 Å². The van der Waals surface area contributed by atoms with Crippen LogP contribution < -0.4 is 10.6 Å². The Kier molecular flexibility index (Phi) is 12.1. The van der Waals surface area contributed by atoms with Crippen LogP contribution in [0.15, 0.2) is 64.8 Å². The molecule has 47 heavy (non-hydrogen) atoms. The smallest absolute Gasteiger partial charge is 0.308 e. The molecule has 2 aromatic carbocycles. The van der Waals surface area contributed by atoms with Crippen LogP contribution >= 0.6 is 15.9 Å². The number of esters is 1. The number of ether oxygens (including phenoxy) is 1. The minimum Gasteiger partial charge on any atom is -0.463 e. The highest BCUT2D eigenvalue weighted by atomic mass is 79.9. The van der Waals surface area contributed by atoms with E-state index in [2.05, 4.69) is 44.5 Å². The van der Waals surface area contributed by atoms with E-state index in [0.717, 1.165) is 33.2 Å². The normalized spacial score (nSPS) is 27.1. The number of cyclic esters (lactones) is 1. The maximum atomic E-state index is 14.3. The number of carbonyl (C=O) groups is 4. The number of allylic oxidation sites excluding steroid dienone is 2. The van der Waals surface area contributed by atoms with E-state index >= 15 is 0 Å². The highest BCUT2D eigenvalue weighted by Gasteiger charge is 2.34. The molecule has 9 nitrogen and oxygen atoms in total. The summed E-state index contributed by atoms with van der Waals surface area (Å²) in [5.74, 6) is -1.75. The number of hydrogen-bond donors (Lipinski definition) is 3. The third-order valence-corrected chi connectivity index (χ3v) is 9.53. The fourth-order valence-corrected chi connectivity index (χ4v) is 6.96. The number of likely N-dealkylation sites (N-methyl/N-ethyl adjacent to an activating group) is 1. The number of benzene rings is 2. The largest absolute Gasteiger partial charge is 0.463 e. The van der Waals surface area contributed by atoms with Crippen molar-refractivity contribution in [2.24, 2.45) is 11.8 Å². The first-order valence-corrected chi connectivity index (χ1v) is 17.1. The van der Waals surface area contributed by atoms with Gasteiger partial charge in [-0.15, -0.1) is 0 Å². The number of para-hydroxylation sites is 1. The van der Waals surface area contributed by atoms with Crippen LogP contribution in [0.3, 0.4) is 0 Å². The number of aromatic nitrogens is 1. The summed E-state index contributed by atoms with van der Waals surface area (Å²) >= 11 is 3.62. The number of H-pyrrole nitrogens is 1. The van der Waals surface area contributed by atoms with Crippen LogP contribution in [0.25, 0.3) is 10.9 Å². The first kappa shape index (κ1) is 35.9. The average molecular weight is 708 g/mol. The first-order chi connectivity index (χ1) is 22.2. The summed E-state index contributed by atoms with van der Waals surface area (Å²) in [5.41, 5.74) is 4.57. The molecule has 3 N–H and O–H groups in total. The van der Waals surface area contributed by atoms with Crippen LogP contribution in [0.4, 0.5) is 0 Å². The number of nitrogens with one attached hydrogen (secondary N) is 3. The Balaban J connectivity index is 1.74. The Morgan fingerprint density at radius 3 is 2.28 bits per heavy atom. The van der Waals surface area contributed by atoms with E-state index in [1.807, 2.05) is 76.2 Å². The molecule has 6 atom stereocenters. The molecule has 0 spiro atoms. The number of aromatic amines is 1. The molecule has 0 radical (unpaired) electrons. The lowest BCUT2D eigenvalue weighted by molar-refractivity contribution is -0.149. The monoisotopic (exact) mass is 706 g/mol. The molecule has 252 valence electrons. The molecule has 10 heteroatoms. The van der Waals surface area contributed by atoms with Gasteiger partial charge in [0.15, 0.2) is 0 Å². The van der Waals surface area contributed by atoms with Gasteiger partial charge >= 0.3 is 5.97 Å². The summed E-state index contributed by atoms with van der Waals surface area (Å²) < 4.78 is 6.55. The number of amides is 3.